The van der Waals surface area contributed by atoms with E-state index in [-0.39, 0.29) is 11.5 Å². The maximum atomic E-state index is 12.0. The summed E-state index contributed by atoms with van der Waals surface area (Å²) in [5.74, 6) is 0.569. The number of hydrogen-bond donors (Lipinski definition) is 1. The fourth-order valence-corrected chi connectivity index (χ4v) is 4.06. The van der Waals surface area contributed by atoms with Gasteiger partial charge in [0, 0.05) is 37.6 Å². The Morgan fingerprint density at radius 3 is 2.34 bits per heavy atom. The van der Waals surface area contributed by atoms with Crippen molar-refractivity contribution < 1.29 is 4.92 Å². The summed E-state index contributed by atoms with van der Waals surface area (Å²) in [5, 5.41) is 15.1. The first-order valence-electron chi connectivity index (χ1n) is 10.9. The van der Waals surface area contributed by atoms with E-state index < -0.39 is 4.92 Å². The minimum absolute atomic E-state index is 0.0905. The monoisotopic (exact) mass is 432 g/mol. The van der Waals surface area contributed by atoms with Crippen molar-refractivity contribution in [1.82, 2.24) is 9.97 Å². The first-order chi connectivity index (χ1) is 15.5. The van der Waals surface area contributed by atoms with Crippen LogP contribution in [-0.2, 0) is 6.42 Å². The van der Waals surface area contributed by atoms with Gasteiger partial charge in [-0.2, -0.15) is 0 Å². The molecule has 2 aromatic carbocycles. The van der Waals surface area contributed by atoms with Crippen LogP contribution < -0.4 is 15.1 Å². The number of nitro groups is 1. The predicted octanol–water partition coefficient (Wildman–Crippen LogP) is 4.63. The molecule has 0 aliphatic carbocycles. The lowest BCUT2D eigenvalue weighted by Crippen LogP contribution is -2.47. The topological polar surface area (TPSA) is 87.4 Å². The van der Waals surface area contributed by atoms with Crippen molar-refractivity contribution in [3.05, 3.63) is 75.6 Å². The van der Waals surface area contributed by atoms with Gasteiger partial charge in [-0.1, -0.05) is 31.2 Å². The molecule has 1 fully saturated rings. The molecule has 3 aromatic rings. The third-order valence-corrected chi connectivity index (χ3v) is 6.11. The summed E-state index contributed by atoms with van der Waals surface area (Å²) in [6.07, 6.45) is 2.33. The van der Waals surface area contributed by atoms with Crippen molar-refractivity contribution in [3.8, 4) is 0 Å². The summed E-state index contributed by atoms with van der Waals surface area (Å²) < 4.78 is 0. The number of benzene rings is 2. The Kier molecular flexibility index (Phi) is 6.20. The average Bonchev–Trinajstić information content (AvgIpc) is 2.81. The highest BCUT2D eigenvalue weighted by atomic mass is 16.6. The van der Waals surface area contributed by atoms with E-state index in [1.807, 2.05) is 29.2 Å². The fourth-order valence-electron chi connectivity index (χ4n) is 4.06. The molecule has 1 saturated heterocycles. The largest absolute Gasteiger partial charge is 0.368 e. The van der Waals surface area contributed by atoms with E-state index in [0.717, 1.165) is 25.2 Å². The van der Waals surface area contributed by atoms with Crippen molar-refractivity contribution in [2.24, 2.45) is 0 Å². The van der Waals surface area contributed by atoms with Gasteiger partial charge in [0.15, 0.2) is 0 Å². The third-order valence-electron chi connectivity index (χ3n) is 6.11. The van der Waals surface area contributed by atoms with Crippen molar-refractivity contribution in [1.29, 1.82) is 0 Å². The molecule has 0 atom stereocenters. The van der Waals surface area contributed by atoms with E-state index in [2.05, 4.69) is 59.2 Å². The van der Waals surface area contributed by atoms with E-state index in [0.29, 0.717) is 18.9 Å². The van der Waals surface area contributed by atoms with Crippen LogP contribution in [0.1, 0.15) is 23.6 Å². The van der Waals surface area contributed by atoms with Gasteiger partial charge in [0.05, 0.1) is 4.92 Å². The summed E-state index contributed by atoms with van der Waals surface area (Å²) in [6, 6.07) is 14.1. The molecule has 0 radical (unpaired) electrons. The number of anilines is 4. The van der Waals surface area contributed by atoms with Gasteiger partial charge < -0.3 is 15.1 Å². The standard InChI is InChI=1S/C24H28N6O2/c1-4-19-8-10-20(11-9-19)27-23-22(30(31)32)24(26-16-25-23)29-14-12-28(13-15-29)21-7-5-6-17(2)18(21)3/h5-11,16H,4,12-15H2,1-3H3,(H,25,26,27). The first kappa shape index (κ1) is 21.5. The summed E-state index contributed by atoms with van der Waals surface area (Å²) in [4.78, 5) is 24.4. The molecule has 1 aromatic heterocycles. The molecule has 8 heteroatoms. The molecule has 0 unspecified atom stereocenters. The van der Waals surface area contributed by atoms with Gasteiger partial charge in [-0.05, 0) is 55.2 Å². The Labute approximate surface area is 188 Å². The molecule has 1 N–H and O–H groups in total. The van der Waals surface area contributed by atoms with Gasteiger partial charge in [-0.15, -0.1) is 0 Å². The zero-order valence-corrected chi connectivity index (χ0v) is 18.7. The molecule has 0 saturated carbocycles. The molecule has 166 valence electrons. The minimum atomic E-state index is -0.394. The smallest absolute Gasteiger partial charge is 0.353 e. The second kappa shape index (κ2) is 9.21. The van der Waals surface area contributed by atoms with Crippen molar-refractivity contribution in [3.63, 3.8) is 0 Å². The summed E-state index contributed by atoms with van der Waals surface area (Å²) in [5.41, 5.74) is 5.63. The SMILES string of the molecule is CCc1ccc(Nc2ncnc(N3CCN(c4cccc(C)c4C)CC3)c2[N+](=O)[O-])cc1. The molecule has 32 heavy (non-hydrogen) atoms. The number of hydrogen-bond acceptors (Lipinski definition) is 7. The van der Waals surface area contributed by atoms with Crippen LogP contribution in [-0.4, -0.2) is 41.1 Å². The Morgan fingerprint density at radius 1 is 1.00 bits per heavy atom. The molecular weight excluding hydrogens is 404 g/mol. The number of aryl methyl sites for hydroxylation is 2. The Bertz CT molecular complexity index is 1110. The Morgan fingerprint density at radius 2 is 1.69 bits per heavy atom. The van der Waals surface area contributed by atoms with Crippen LogP contribution in [0.3, 0.4) is 0 Å². The number of piperazine rings is 1. The zero-order chi connectivity index (χ0) is 22.7. The predicted molar refractivity (Wildman–Crippen MR) is 128 cm³/mol. The lowest BCUT2D eigenvalue weighted by Gasteiger charge is -2.37. The van der Waals surface area contributed by atoms with Crippen molar-refractivity contribution >= 4 is 28.7 Å². The fraction of sp³-hybridized carbons (Fsp3) is 0.333. The summed E-state index contributed by atoms with van der Waals surface area (Å²) in [6.45, 7) is 9.18. The van der Waals surface area contributed by atoms with Crippen LogP contribution in [0.15, 0.2) is 48.8 Å². The van der Waals surface area contributed by atoms with Crippen molar-refractivity contribution in [2.75, 3.05) is 41.3 Å². The van der Waals surface area contributed by atoms with Gasteiger partial charge in [0.2, 0.25) is 11.6 Å². The highest BCUT2D eigenvalue weighted by Gasteiger charge is 2.29. The highest BCUT2D eigenvalue weighted by molar-refractivity contribution is 5.74. The number of rotatable bonds is 6. The van der Waals surface area contributed by atoms with Crippen molar-refractivity contribution in [2.45, 2.75) is 27.2 Å². The van der Waals surface area contributed by atoms with E-state index in [4.69, 9.17) is 0 Å². The van der Waals surface area contributed by atoms with Crippen LogP contribution in [0.5, 0.6) is 0 Å². The average molecular weight is 433 g/mol. The van der Waals surface area contributed by atoms with E-state index in [1.165, 1.54) is 28.7 Å². The Balaban J connectivity index is 1.55. The van der Waals surface area contributed by atoms with Gasteiger partial charge in [0.1, 0.15) is 6.33 Å². The zero-order valence-electron chi connectivity index (χ0n) is 18.7. The molecule has 2 heterocycles. The molecule has 0 bridgehead atoms. The lowest BCUT2D eigenvalue weighted by atomic mass is 10.1. The Hall–Kier alpha value is -3.68. The molecule has 0 amide bonds. The normalized spacial score (nSPS) is 13.8. The maximum absolute atomic E-state index is 12.0. The third kappa shape index (κ3) is 4.34. The second-order valence-electron chi connectivity index (χ2n) is 8.02. The molecular formula is C24H28N6O2. The number of nitrogens with zero attached hydrogens (tertiary/aromatic N) is 5. The van der Waals surface area contributed by atoms with Crippen LogP contribution in [0.4, 0.5) is 28.7 Å². The number of nitrogens with one attached hydrogen (secondary N) is 1. The summed E-state index contributed by atoms with van der Waals surface area (Å²) >= 11 is 0. The van der Waals surface area contributed by atoms with Crippen LogP contribution >= 0.6 is 0 Å². The minimum Gasteiger partial charge on any atom is -0.368 e. The highest BCUT2D eigenvalue weighted by Crippen LogP contribution is 2.34. The molecule has 4 rings (SSSR count). The van der Waals surface area contributed by atoms with Gasteiger partial charge in [0.25, 0.3) is 0 Å². The maximum Gasteiger partial charge on any atom is 0.353 e. The van der Waals surface area contributed by atoms with Crippen LogP contribution in [0.25, 0.3) is 0 Å². The first-order valence-corrected chi connectivity index (χ1v) is 10.9. The second-order valence-corrected chi connectivity index (χ2v) is 8.02. The molecule has 1 aliphatic rings. The molecule has 1 aliphatic heterocycles. The number of aromatic nitrogens is 2. The van der Waals surface area contributed by atoms with Gasteiger partial charge >= 0.3 is 5.69 Å². The lowest BCUT2D eigenvalue weighted by molar-refractivity contribution is -0.383. The van der Waals surface area contributed by atoms with Crippen LogP contribution in [0.2, 0.25) is 0 Å². The molecule has 0 spiro atoms. The van der Waals surface area contributed by atoms with Crippen LogP contribution in [0, 0.1) is 24.0 Å². The van der Waals surface area contributed by atoms with E-state index in [1.54, 1.807) is 0 Å². The van der Waals surface area contributed by atoms with Gasteiger partial charge in [-0.3, -0.25) is 10.1 Å². The van der Waals surface area contributed by atoms with E-state index >= 15 is 0 Å². The van der Waals surface area contributed by atoms with Gasteiger partial charge in [-0.25, -0.2) is 9.97 Å². The quantitative estimate of drug-likeness (QED) is 0.449. The summed E-state index contributed by atoms with van der Waals surface area (Å²) in [7, 11) is 0. The molecule has 8 nitrogen and oxygen atoms in total. The van der Waals surface area contributed by atoms with E-state index in [9.17, 15) is 10.1 Å².